The number of hydrogen-bond donors (Lipinski definition) is 2. The van der Waals surface area contributed by atoms with Gasteiger partial charge in [-0.05, 0) is 24.6 Å². The van der Waals surface area contributed by atoms with Gasteiger partial charge in [0, 0.05) is 50.7 Å². The predicted molar refractivity (Wildman–Crippen MR) is 144 cm³/mol. The van der Waals surface area contributed by atoms with E-state index in [2.05, 4.69) is 20.3 Å². The van der Waals surface area contributed by atoms with Crippen LogP contribution in [0.25, 0.3) is 38.0 Å². The summed E-state index contributed by atoms with van der Waals surface area (Å²) >= 11 is 1.35. The fourth-order valence-electron chi connectivity index (χ4n) is 5.00. The number of carbonyl (C=O) groups excluding carboxylic acids is 1. The van der Waals surface area contributed by atoms with Crippen LogP contribution in [-0.4, -0.2) is 64.9 Å². The van der Waals surface area contributed by atoms with Crippen LogP contribution in [0.15, 0.2) is 42.9 Å². The molecule has 10 nitrogen and oxygen atoms in total. The quantitative estimate of drug-likeness (QED) is 0.326. The van der Waals surface area contributed by atoms with Crippen LogP contribution >= 0.6 is 11.3 Å². The molecule has 12 heteroatoms. The van der Waals surface area contributed by atoms with Gasteiger partial charge in [0.25, 0.3) is 0 Å². The lowest BCUT2D eigenvalue weighted by molar-refractivity contribution is -0.130. The van der Waals surface area contributed by atoms with Crippen molar-refractivity contribution in [3.63, 3.8) is 0 Å². The molecule has 39 heavy (non-hydrogen) atoms. The third-order valence-corrected chi connectivity index (χ3v) is 8.03. The minimum absolute atomic E-state index is 0.0120. The maximum atomic E-state index is 15.1. The molecule has 1 aromatic carbocycles. The van der Waals surface area contributed by atoms with E-state index in [1.54, 1.807) is 23.6 Å². The summed E-state index contributed by atoms with van der Waals surface area (Å²) in [6, 6.07) is 8.40. The molecule has 0 aliphatic carbocycles. The van der Waals surface area contributed by atoms with Crippen molar-refractivity contribution >= 4 is 22.8 Å². The number of hydrogen-bond acceptors (Lipinski definition) is 8. The number of H-pyrrole nitrogens is 1. The summed E-state index contributed by atoms with van der Waals surface area (Å²) in [6.45, 7) is 4.51. The number of fused-ring (bicyclic) bond motifs is 1. The largest absolute Gasteiger partial charge is 0.490 e. The number of rotatable bonds is 6. The minimum atomic E-state index is -0.484. The Bertz CT molecular complexity index is 1660. The van der Waals surface area contributed by atoms with E-state index in [4.69, 9.17) is 9.72 Å². The Labute approximate surface area is 227 Å². The summed E-state index contributed by atoms with van der Waals surface area (Å²) in [5.41, 5.74) is 3.37. The minimum Gasteiger partial charge on any atom is -0.490 e. The second-order valence-electron chi connectivity index (χ2n) is 9.44. The van der Waals surface area contributed by atoms with Gasteiger partial charge in [-0.3, -0.25) is 9.89 Å². The molecule has 4 aromatic heterocycles. The number of benzene rings is 1. The smallest absolute Gasteiger partial charge is 0.219 e. The van der Waals surface area contributed by atoms with Crippen LogP contribution in [0.5, 0.6) is 5.75 Å². The summed E-state index contributed by atoms with van der Waals surface area (Å²) in [4.78, 5) is 23.3. The molecule has 1 saturated heterocycles. The van der Waals surface area contributed by atoms with Crippen molar-refractivity contribution in [2.45, 2.75) is 39.4 Å². The van der Waals surface area contributed by atoms with Gasteiger partial charge in [0.1, 0.15) is 29.0 Å². The lowest BCUT2D eigenvalue weighted by Crippen LogP contribution is -2.40. The summed E-state index contributed by atoms with van der Waals surface area (Å²) in [7, 11) is 0. The van der Waals surface area contributed by atoms with Crippen molar-refractivity contribution in [2.75, 3.05) is 13.1 Å². The number of nitrogens with zero attached hydrogens (tertiary/aromatic N) is 6. The zero-order chi connectivity index (χ0) is 27.1. The van der Waals surface area contributed by atoms with E-state index in [-0.39, 0.29) is 24.2 Å². The summed E-state index contributed by atoms with van der Waals surface area (Å²) < 4.78 is 23.2. The molecule has 1 amide bonds. The van der Waals surface area contributed by atoms with E-state index in [0.29, 0.717) is 45.8 Å². The van der Waals surface area contributed by atoms with Crippen LogP contribution in [0.3, 0.4) is 0 Å². The molecular formula is C27H26FN7O3S. The van der Waals surface area contributed by atoms with Crippen molar-refractivity contribution in [3.05, 3.63) is 59.9 Å². The van der Waals surface area contributed by atoms with Crippen molar-refractivity contribution in [1.29, 1.82) is 0 Å². The van der Waals surface area contributed by atoms with Crippen LogP contribution in [0.2, 0.25) is 0 Å². The first kappa shape index (κ1) is 25.1. The zero-order valence-corrected chi connectivity index (χ0v) is 22.2. The molecule has 5 aromatic rings. The van der Waals surface area contributed by atoms with E-state index in [0.717, 1.165) is 29.6 Å². The normalized spacial score (nSPS) is 14.3. The van der Waals surface area contributed by atoms with Crippen molar-refractivity contribution in [2.24, 2.45) is 0 Å². The molecular weight excluding hydrogens is 521 g/mol. The second-order valence-corrected chi connectivity index (χ2v) is 10.4. The third-order valence-electron chi connectivity index (χ3n) is 6.95. The molecule has 0 spiro atoms. The molecule has 2 N–H and O–H groups in total. The summed E-state index contributed by atoms with van der Waals surface area (Å²) in [5.74, 6) is 0.760. The molecule has 1 fully saturated rings. The Morgan fingerprint density at radius 2 is 2.08 bits per heavy atom. The SMILES string of the molecule is CC(=O)N1CCC(Oc2ccn3nc(C)c(-c4nc(-c5c(F)cccc5CO)c(-c5ncn[nH]5)s4)c3c2)CC1. The highest BCUT2D eigenvalue weighted by atomic mass is 32.1. The van der Waals surface area contributed by atoms with Gasteiger partial charge >= 0.3 is 0 Å². The number of pyridine rings is 1. The average molecular weight is 548 g/mol. The summed E-state index contributed by atoms with van der Waals surface area (Å²) in [6.07, 6.45) is 4.78. The van der Waals surface area contributed by atoms with Crippen LogP contribution in [-0.2, 0) is 11.4 Å². The van der Waals surface area contributed by atoms with Gasteiger partial charge in [0.15, 0.2) is 5.82 Å². The number of aryl methyl sites for hydroxylation is 1. The van der Waals surface area contributed by atoms with Crippen molar-refractivity contribution in [3.8, 4) is 38.3 Å². The van der Waals surface area contributed by atoms with Gasteiger partial charge in [-0.2, -0.15) is 10.2 Å². The number of aliphatic hydroxyl groups excluding tert-OH is 1. The van der Waals surface area contributed by atoms with Gasteiger partial charge in [-0.1, -0.05) is 12.1 Å². The number of nitrogens with one attached hydrogen (secondary N) is 1. The van der Waals surface area contributed by atoms with Gasteiger partial charge < -0.3 is 14.7 Å². The molecule has 200 valence electrons. The highest BCUT2D eigenvalue weighted by molar-refractivity contribution is 7.19. The maximum Gasteiger partial charge on any atom is 0.219 e. The molecule has 6 rings (SSSR count). The Morgan fingerprint density at radius 3 is 2.79 bits per heavy atom. The Balaban J connectivity index is 1.42. The van der Waals surface area contributed by atoms with Crippen molar-refractivity contribution in [1.82, 2.24) is 34.7 Å². The molecule has 0 radical (unpaired) electrons. The standard InChI is InChI=1S/C27H26FN7O3S/c1-15-22(21-12-19(8-11-35(21)33-15)38-18-6-9-34(10-7-18)16(2)37)27-31-24(25(39-27)26-29-14-30-32-26)23-17(13-36)4-3-5-20(23)28/h3-5,8,11-12,14,18,36H,6-7,9-10,13H2,1-2H3,(H,29,30,32). The first-order valence-corrected chi connectivity index (χ1v) is 13.4. The van der Waals surface area contributed by atoms with E-state index < -0.39 is 5.82 Å². The van der Waals surface area contributed by atoms with E-state index in [1.165, 1.54) is 23.7 Å². The van der Waals surface area contributed by atoms with Gasteiger partial charge in [-0.25, -0.2) is 18.9 Å². The van der Waals surface area contributed by atoms with E-state index in [1.807, 2.05) is 30.2 Å². The number of aliphatic hydroxyl groups is 1. The van der Waals surface area contributed by atoms with Gasteiger partial charge in [-0.15, -0.1) is 11.3 Å². The number of aromatic nitrogens is 6. The Kier molecular flexibility index (Phi) is 6.57. The lowest BCUT2D eigenvalue weighted by Gasteiger charge is -2.31. The first-order chi connectivity index (χ1) is 18.9. The van der Waals surface area contributed by atoms with E-state index >= 15 is 4.39 Å². The van der Waals surface area contributed by atoms with Crippen LogP contribution in [0.4, 0.5) is 4.39 Å². The third kappa shape index (κ3) is 4.66. The molecule has 0 atom stereocenters. The molecule has 1 aliphatic heterocycles. The van der Waals surface area contributed by atoms with Crippen LogP contribution in [0.1, 0.15) is 31.0 Å². The maximum absolute atomic E-state index is 15.1. The molecule has 5 heterocycles. The molecule has 0 unspecified atom stereocenters. The second kappa shape index (κ2) is 10.2. The fourth-order valence-corrected chi connectivity index (χ4v) is 6.12. The lowest BCUT2D eigenvalue weighted by atomic mass is 10.0. The van der Waals surface area contributed by atoms with Crippen LogP contribution in [0, 0.1) is 12.7 Å². The Hall–Kier alpha value is -4.16. The summed E-state index contributed by atoms with van der Waals surface area (Å²) in [5, 5.41) is 22.0. The Morgan fingerprint density at radius 1 is 1.26 bits per heavy atom. The number of aromatic amines is 1. The number of thiazole rings is 1. The number of piperidine rings is 1. The number of carbonyl (C=O) groups is 1. The highest BCUT2D eigenvalue weighted by Gasteiger charge is 2.26. The van der Waals surface area contributed by atoms with Crippen LogP contribution < -0.4 is 4.74 Å². The van der Waals surface area contributed by atoms with E-state index in [9.17, 15) is 9.90 Å². The first-order valence-electron chi connectivity index (χ1n) is 12.6. The highest BCUT2D eigenvalue weighted by Crippen LogP contribution is 2.43. The molecule has 0 saturated carbocycles. The van der Waals surface area contributed by atoms with Crippen molar-refractivity contribution < 1.29 is 19.0 Å². The monoisotopic (exact) mass is 547 g/mol. The molecule has 1 aliphatic rings. The number of likely N-dealkylation sites (tertiary alicyclic amines) is 1. The van der Waals surface area contributed by atoms with Gasteiger partial charge in [0.2, 0.25) is 5.91 Å². The topological polar surface area (TPSA) is 122 Å². The average Bonchev–Trinajstić information content (AvgIpc) is 3.67. The fraction of sp³-hybridized carbons (Fsp3) is 0.296. The molecule has 0 bridgehead atoms. The predicted octanol–water partition coefficient (Wildman–Crippen LogP) is 4.24. The number of amides is 1. The number of halogens is 1. The number of ether oxygens (including phenoxy) is 1. The zero-order valence-electron chi connectivity index (χ0n) is 21.4. The van der Waals surface area contributed by atoms with Gasteiger partial charge in [0.05, 0.1) is 34.0 Å².